The molecule has 1 atom stereocenters. The van der Waals surface area contributed by atoms with Crippen molar-refractivity contribution >= 4 is 28.3 Å². The molecule has 7 nitrogen and oxygen atoms in total. The maximum Gasteiger partial charge on any atom is 0.354 e. The lowest BCUT2D eigenvalue weighted by Gasteiger charge is -2.36. The number of nitrogens with one attached hydrogen (secondary N) is 1. The molecule has 2 aromatic carbocycles. The summed E-state index contributed by atoms with van der Waals surface area (Å²) >= 11 is 6.62. The molecule has 38 heavy (non-hydrogen) atoms. The summed E-state index contributed by atoms with van der Waals surface area (Å²) in [6, 6.07) is 8.86. The maximum atomic E-state index is 16.1. The first-order valence-corrected chi connectivity index (χ1v) is 13.3. The molecule has 0 spiro atoms. The van der Waals surface area contributed by atoms with Gasteiger partial charge in [0.25, 0.3) is 0 Å². The zero-order valence-corrected chi connectivity index (χ0v) is 22.6. The van der Waals surface area contributed by atoms with E-state index in [9.17, 15) is 4.79 Å². The number of piperazine rings is 1. The molecule has 2 aliphatic heterocycles. The van der Waals surface area contributed by atoms with E-state index < -0.39 is 11.5 Å². The van der Waals surface area contributed by atoms with Gasteiger partial charge in [0.05, 0.1) is 16.9 Å². The summed E-state index contributed by atoms with van der Waals surface area (Å²) in [6.07, 6.45) is 1.74. The first-order chi connectivity index (χ1) is 18.3. The second kappa shape index (κ2) is 9.36. The average Bonchev–Trinajstić information content (AvgIpc) is 2.89. The Labute approximate surface area is 225 Å². The van der Waals surface area contributed by atoms with Gasteiger partial charge in [-0.1, -0.05) is 37.6 Å². The Balaban J connectivity index is 1.79. The number of hydrogen-bond donors (Lipinski definition) is 1. The van der Waals surface area contributed by atoms with Gasteiger partial charge in [0.15, 0.2) is 5.75 Å². The summed E-state index contributed by atoms with van der Waals surface area (Å²) in [5.41, 5.74) is 3.93. The van der Waals surface area contributed by atoms with Gasteiger partial charge in [-0.2, -0.15) is 4.98 Å². The Hall–Kier alpha value is -3.49. The molecule has 0 amide bonds. The van der Waals surface area contributed by atoms with Gasteiger partial charge in [-0.05, 0) is 49.1 Å². The Kier molecular flexibility index (Phi) is 6.12. The standard InChI is InChI=1S/C29H29ClFN5O2/c1-15(2)24-25(16(3)8-9-33-24)36-26-19(28(34-29(36)37)35-11-10-32-13-17(35)4)12-21(31)23-22-18(14-38-27(23)26)6-5-7-20(22)30/h5-9,12,15,17,32H,10-11,13-14H2,1-4H3/t17-/m0/s1. The molecule has 0 radical (unpaired) electrons. The third kappa shape index (κ3) is 3.77. The van der Waals surface area contributed by atoms with E-state index in [0.29, 0.717) is 45.3 Å². The fourth-order valence-corrected chi connectivity index (χ4v) is 5.95. The predicted molar refractivity (Wildman–Crippen MR) is 148 cm³/mol. The predicted octanol–water partition coefficient (Wildman–Crippen LogP) is 5.36. The van der Waals surface area contributed by atoms with Crippen molar-refractivity contribution in [2.45, 2.75) is 46.3 Å². The molecule has 1 fully saturated rings. The number of aromatic nitrogens is 3. The van der Waals surface area contributed by atoms with Gasteiger partial charge in [-0.3, -0.25) is 9.55 Å². The van der Waals surface area contributed by atoms with Gasteiger partial charge in [0, 0.05) is 47.8 Å². The van der Waals surface area contributed by atoms with Crippen LogP contribution in [0, 0.1) is 12.7 Å². The zero-order valence-electron chi connectivity index (χ0n) is 21.8. The molecule has 4 aromatic rings. The van der Waals surface area contributed by atoms with Crippen LogP contribution in [0.3, 0.4) is 0 Å². The van der Waals surface area contributed by atoms with Crippen molar-refractivity contribution in [3.63, 3.8) is 0 Å². The minimum atomic E-state index is -0.468. The zero-order chi connectivity index (χ0) is 26.7. The molecule has 0 unspecified atom stereocenters. The van der Waals surface area contributed by atoms with Gasteiger partial charge >= 0.3 is 5.69 Å². The van der Waals surface area contributed by atoms with Gasteiger partial charge in [0.1, 0.15) is 23.8 Å². The third-order valence-corrected chi connectivity index (χ3v) is 7.80. The highest BCUT2D eigenvalue weighted by Gasteiger charge is 2.32. The van der Waals surface area contributed by atoms with E-state index in [1.165, 1.54) is 6.07 Å². The average molecular weight is 534 g/mol. The molecule has 9 heteroatoms. The van der Waals surface area contributed by atoms with Crippen LogP contribution in [0.4, 0.5) is 10.2 Å². The second-order valence-corrected chi connectivity index (χ2v) is 10.7. The van der Waals surface area contributed by atoms with Gasteiger partial charge in [-0.25, -0.2) is 9.18 Å². The molecule has 1 N–H and O–H groups in total. The van der Waals surface area contributed by atoms with Crippen LogP contribution in [0.5, 0.6) is 5.75 Å². The Morgan fingerprint density at radius 3 is 2.82 bits per heavy atom. The Bertz CT molecular complexity index is 1650. The maximum absolute atomic E-state index is 16.1. The second-order valence-electron chi connectivity index (χ2n) is 10.3. The highest BCUT2D eigenvalue weighted by atomic mass is 35.5. The lowest BCUT2D eigenvalue weighted by molar-refractivity contribution is 0.303. The molecule has 0 aliphatic carbocycles. The van der Waals surface area contributed by atoms with Crippen LogP contribution < -0.4 is 20.6 Å². The van der Waals surface area contributed by atoms with Crippen molar-refractivity contribution in [3.8, 4) is 22.6 Å². The number of fused-ring (bicyclic) bond motifs is 5. The van der Waals surface area contributed by atoms with Crippen LogP contribution in [0.2, 0.25) is 5.02 Å². The van der Waals surface area contributed by atoms with Crippen molar-refractivity contribution < 1.29 is 9.13 Å². The van der Waals surface area contributed by atoms with Crippen molar-refractivity contribution in [2.75, 3.05) is 24.5 Å². The van der Waals surface area contributed by atoms with Crippen LogP contribution in [-0.4, -0.2) is 40.2 Å². The minimum Gasteiger partial charge on any atom is -0.486 e. The lowest BCUT2D eigenvalue weighted by atomic mass is 9.94. The summed E-state index contributed by atoms with van der Waals surface area (Å²) in [7, 11) is 0. The van der Waals surface area contributed by atoms with Crippen molar-refractivity contribution in [1.82, 2.24) is 19.9 Å². The van der Waals surface area contributed by atoms with E-state index in [2.05, 4.69) is 27.1 Å². The number of nitrogens with zero attached hydrogens (tertiary/aromatic N) is 4. The molecular weight excluding hydrogens is 505 g/mol. The van der Waals surface area contributed by atoms with Crippen molar-refractivity contribution in [1.29, 1.82) is 0 Å². The monoisotopic (exact) mass is 533 g/mol. The number of benzene rings is 2. The molecule has 6 rings (SSSR count). The van der Waals surface area contributed by atoms with Gasteiger partial charge in [-0.15, -0.1) is 0 Å². The number of ether oxygens (including phenoxy) is 1. The number of halogens is 2. The van der Waals surface area contributed by atoms with Crippen LogP contribution in [-0.2, 0) is 6.61 Å². The SMILES string of the molecule is Cc1ccnc(C(C)C)c1-n1c(=O)nc(N2CCNC[C@@H]2C)c2cc(F)c3c(c21)OCc1cccc(Cl)c1-3. The Morgan fingerprint density at radius 1 is 1.24 bits per heavy atom. The first-order valence-electron chi connectivity index (χ1n) is 12.9. The van der Waals surface area contributed by atoms with Gasteiger partial charge in [0.2, 0.25) is 0 Å². The smallest absolute Gasteiger partial charge is 0.354 e. The summed E-state index contributed by atoms with van der Waals surface area (Å²) < 4.78 is 24.0. The molecule has 0 bridgehead atoms. The van der Waals surface area contributed by atoms with Crippen LogP contribution >= 0.6 is 11.6 Å². The quantitative estimate of drug-likeness (QED) is 0.382. The number of rotatable bonds is 3. The van der Waals surface area contributed by atoms with E-state index >= 15 is 4.39 Å². The normalized spacial score (nSPS) is 16.9. The largest absolute Gasteiger partial charge is 0.486 e. The van der Waals surface area contributed by atoms with Crippen LogP contribution in [0.1, 0.15) is 43.5 Å². The minimum absolute atomic E-state index is 0.0343. The molecule has 1 saturated heterocycles. The fourth-order valence-electron chi connectivity index (χ4n) is 5.66. The lowest BCUT2D eigenvalue weighted by Crippen LogP contribution is -2.50. The number of aryl methyl sites for hydroxylation is 1. The van der Waals surface area contributed by atoms with E-state index in [1.54, 1.807) is 16.8 Å². The highest BCUT2D eigenvalue weighted by Crippen LogP contribution is 2.48. The topological polar surface area (TPSA) is 72.3 Å². The molecule has 4 heterocycles. The first kappa shape index (κ1) is 24.8. The van der Waals surface area contributed by atoms with Crippen LogP contribution in [0.25, 0.3) is 27.7 Å². The fraction of sp³-hybridized carbons (Fsp3) is 0.345. The summed E-state index contributed by atoms with van der Waals surface area (Å²) in [5.74, 6) is 0.317. The number of anilines is 1. The van der Waals surface area contributed by atoms with E-state index in [-0.39, 0.29) is 24.1 Å². The highest BCUT2D eigenvalue weighted by molar-refractivity contribution is 6.33. The molecular formula is C29H29ClFN5O2. The van der Waals surface area contributed by atoms with Crippen molar-refractivity contribution in [3.05, 3.63) is 74.7 Å². The van der Waals surface area contributed by atoms with E-state index in [4.69, 9.17) is 16.3 Å². The summed E-state index contributed by atoms with van der Waals surface area (Å²) in [6.45, 7) is 10.4. The molecule has 2 aliphatic rings. The Morgan fingerprint density at radius 2 is 2.05 bits per heavy atom. The molecule has 2 aromatic heterocycles. The molecule has 0 saturated carbocycles. The van der Waals surface area contributed by atoms with Crippen molar-refractivity contribution in [2.24, 2.45) is 0 Å². The number of pyridine rings is 1. The third-order valence-electron chi connectivity index (χ3n) is 7.48. The van der Waals surface area contributed by atoms with E-state index in [0.717, 1.165) is 29.9 Å². The van der Waals surface area contributed by atoms with E-state index in [1.807, 2.05) is 39.0 Å². The molecule has 196 valence electrons. The summed E-state index contributed by atoms with van der Waals surface area (Å²) in [4.78, 5) is 25.3. The summed E-state index contributed by atoms with van der Waals surface area (Å²) in [5, 5.41) is 4.32. The van der Waals surface area contributed by atoms with Crippen LogP contribution in [0.15, 0.2) is 41.3 Å². The number of hydrogen-bond acceptors (Lipinski definition) is 6. The van der Waals surface area contributed by atoms with Gasteiger partial charge < -0.3 is 15.0 Å².